The van der Waals surface area contributed by atoms with E-state index in [1.807, 2.05) is 0 Å². The summed E-state index contributed by atoms with van der Waals surface area (Å²) >= 11 is 3.10. The van der Waals surface area contributed by atoms with Crippen LogP contribution >= 0.6 is 28.3 Å². The van der Waals surface area contributed by atoms with Gasteiger partial charge in [-0.1, -0.05) is 15.9 Å². The first-order chi connectivity index (χ1) is 6.56. The Labute approximate surface area is 102 Å². The van der Waals surface area contributed by atoms with E-state index in [1.54, 1.807) is 6.07 Å². The Bertz CT molecular complexity index is 338. The fourth-order valence-electron chi connectivity index (χ4n) is 1.16. The van der Waals surface area contributed by atoms with Gasteiger partial charge in [-0.2, -0.15) is 0 Å². The molecule has 0 aliphatic carbocycles. The van der Waals surface area contributed by atoms with Gasteiger partial charge >= 0.3 is 0 Å². The van der Waals surface area contributed by atoms with Crippen LogP contribution in [-0.2, 0) is 0 Å². The van der Waals surface area contributed by atoms with Crippen molar-refractivity contribution in [3.8, 4) is 5.75 Å². The van der Waals surface area contributed by atoms with Crippen LogP contribution in [0.3, 0.4) is 0 Å². The number of halogens is 3. The maximum absolute atomic E-state index is 13.0. The molecule has 86 valence electrons. The quantitative estimate of drug-likeness (QED) is 0.801. The third-order valence-electron chi connectivity index (χ3n) is 1.90. The van der Waals surface area contributed by atoms with Gasteiger partial charge in [0.25, 0.3) is 0 Å². The summed E-state index contributed by atoms with van der Waals surface area (Å²) in [7, 11) is 0. The Morgan fingerprint density at radius 3 is 2.60 bits per heavy atom. The minimum absolute atomic E-state index is 0. The van der Waals surface area contributed by atoms with Crippen molar-refractivity contribution < 1.29 is 14.6 Å². The van der Waals surface area contributed by atoms with E-state index >= 15 is 0 Å². The van der Waals surface area contributed by atoms with Gasteiger partial charge in [-0.3, -0.25) is 0 Å². The average Bonchev–Trinajstić information content (AvgIpc) is 2.11. The van der Waals surface area contributed by atoms with E-state index in [2.05, 4.69) is 15.9 Å². The number of nitrogens with two attached hydrogens (primary N) is 1. The summed E-state index contributed by atoms with van der Waals surface area (Å²) in [6.07, 6.45) is 0.281. The zero-order valence-corrected chi connectivity index (χ0v) is 10.2. The third kappa shape index (κ3) is 3.61. The number of hydrogen-bond acceptors (Lipinski definition) is 3. The lowest BCUT2D eigenvalue weighted by Crippen LogP contribution is -2.12. The van der Waals surface area contributed by atoms with Gasteiger partial charge in [0.2, 0.25) is 0 Å². The third-order valence-corrected chi connectivity index (χ3v) is 2.36. The highest BCUT2D eigenvalue weighted by atomic mass is 79.9. The molecule has 1 aromatic rings. The second kappa shape index (κ2) is 6.27. The molecule has 1 rings (SSSR count). The van der Waals surface area contributed by atoms with Crippen LogP contribution in [0.5, 0.6) is 5.75 Å². The van der Waals surface area contributed by atoms with Crippen molar-refractivity contribution in [2.75, 3.05) is 6.61 Å². The van der Waals surface area contributed by atoms with Crippen LogP contribution in [0.1, 0.15) is 18.0 Å². The van der Waals surface area contributed by atoms with Crippen molar-refractivity contribution in [1.82, 2.24) is 0 Å². The molecule has 0 fully saturated rings. The lowest BCUT2D eigenvalue weighted by Gasteiger charge is -2.13. The van der Waals surface area contributed by atoms with E-state index in [1.165, 1.54) is 0 Å². The number of aliphatic hydroxyl groups excluding tert-OH is 1. The van der Waals surface area contributed by atoms with E-state index in [4.69, 9.17) is 10.8 Å². The Balaban J connectivity index is 0.00000196. The monoisotopic (exact) mass is 299 g/mol. The highest BCUT2D eigenvalue weighted by Crippen LogP contribution is 2.30. The Morgan fingerprint density at radius 2 is 2.07 bits per heavy atom. The summed E-state index contributed by atoms with van der Waals surface area (Å²) in [6, 6.07) is 2.13. The van der Waals surface area contributed by atoms with E-state index in [0.717, 1.165) is 6.07 Å². The average molecular weight is 301 g/mol. The molecular weight excluding hydrogens is 288 g/mol. The van der Waals surface area contributed by atoms with E-state index in [-0.39, 0.29) is 25.4 Å². The van der Waals surface area contributed by atoms with Crippen LogP contribution in [0.15, 0.2) is 16.6 Å². The lowest BCUT2D eigenvalue weighted by atomic mass is 10.0. The molecule has 0 saturated carbocycles. The number of aliphatic hydroxyl groups is 1. The molecule has 0 saturated heterocycles. The Hall–Kier alpha value is -0.360. The SMILES string of the molecule is Cl.NC(CCO)c1cc(Br)cc(F)c1O. The molecule has 0 amide bonds. The lowest BCUT2D eigenvalue weighted by molar-refractivity contribution is 0.275. The summed E-state index contributed by atoms with van der Waals surface area (Å²) in [5, 5.41) is 18.0. The molecule has 0 radical (unpaired) electrons. The fourth-order valence-corrected chi connectivity index (χ4v) is 1.61. The summed E-state index contributed by atoms with van der Waals surface area (Å²) in [4.78, 5) is 0. The molecule has 0 aliphatic rings. The van der Waals surface area contributed by atoms with Gasteiger partial charge in [0.05, 0.1) is 0 Å². The number of benzene rings is 1. The van der Waals surface area contributed by atoms with E-state index < -0.39 is 17.6 Å². The van der Waals surface area contributed by atoms with Crippen LogP contribution in [0.2, 0.25) is 0 Å². The topological polar surface area (TPSA) is 66.5 Å². The van der Waals surface area contributed by atoms with Gasteiger partial charge in [0.1, 0.15) is 0 Å². The second-order valence-electron chi connectivity index (χ2n) is 2.94. The molecule has 6 heteroatoms. The predicted molar refractivity (Wildman–Crippen MR) is 61.6 cm³/mol. The van der Waals surface area contributed by atoms with Crippen molar-refractivity contribution in [3.05, 3.63) is 28.0 Å². The molecular formula is C9H12BrClFNO2. The predicted octanol–water partition coefficient (Wildman–Crippen LogP) is 2.10. The van der Waals surface area contributed by atoms with Crippen LogP contribution in [0.4, 0.5) is 4.39 Å². The first-order valence-electron chi connectivity index (χ1n) is 4.10. The van der Waals surface area contributed by atoms with Gasteiger partial charge in [0, 0.05) is 22.7 Å². The molecule has 15 heavy (non-hydrogen) atoms. The Morgan fingerprint density at radius 1 is 1.47 bits per heavy atom. The number of aromatic hydroxyl groups is 1. The first-order valence-corrected chi connectivity index (χ1v) is 4.90. The normalized spacial score (nSPS) is 12.0. The molecule has 0 spiro atoms. The van der Waals surface area contributed by atoms with Gasteiger partial charge in [0.15, 0.2) is 11.6 Å². The van der Waals surface area contributed by atoms with Crippen LogP contribution < -0.4 is 5.73 Å². The largest absolute Gasteiger partial charge is 0.505 e. The standard InChI is InChI=1S/C9H11BrFNO2.ClH/c10-5-3-6(8(12)1-2-13)9(14)7(11)4-5;/h3-4,8,13-14H,1-2,12H2;1H. The maximum atomic E-state index is 13.0. The summed E-state index contributed by atoms with van der Waals surface area (Å²) in [5.41, 5.74) is 5.93. The Kier molecular flexibility index (Phi) is 6.12. The van der Waals surface area contributed by atoms with Crippen molar-refractivity contribution in [2.24, 2.45) is 5.73 Å². The number of hydrogen-bond donors (Lipinski definition) is 3. The van der Waals surface area contributed by atoms with Crippen molar-refractivity contribution in [1.29, 1.82) is 0 Å². The summed E-state index contributed by atoms with van der Waals surface area (Å²) < 4.78 is 13.6. The fraction of sp³-hybridized carbons (Fsp3) is 0.333. The maximum Gasteiger partial charge on any atom is 0.166 e. The molecule has 0 bridgehead atoms. The van der Waals surface area contributed by atoms with Crippen molar-refractivity contribution in [3.63, 3.8) is 0 Å². The molecule has 0 heterocycles. The number of phenolic OH excluding ortho intramolecular Hbond substituents is 1. The zero-order chi connectivity index (χ0) is 10.7. The highest BCUT2D eigenvalue weighted by molar-refractivity contribution is 9.10. The van der Waals surface area contributed by atoms with Crippen LogP contribution in [0, 0.1) is 5.82 Å². The number of rotatable bonds is 3. The first kappa shape index (κ1) is 14.6. The minimum Gasteiger partial charge on any atom is -0.505 e. The zero-order valence-electron chi connectivity index (χ0n) is 7.78. The molecule has 1 aromatic carbocycles. The smallest absolute Gasteiger partial charge is 0.166 e. The minimum atomic E-state index is -0.720. The van der Waals surface area contributed by atoms with Crippen LogP contribution in [0.25, 0.3) is 0 Å². The molecule has 1 unspecified atom stereocenters. The molecule has 0 aliphatic heterocycles. The van der Waals surface area contributed by atoms with Gasteiger partial charge in [-0.05, 0) is 18.6 Å². The second-order valence-corrected chi connectivity index (χ2v) is 3.86. The van der Waals surface area contributed by atoms with Crippen LogP contribution in [-0.4, -0.2) is 16.8 Å². The molecule has 4 N–H and O–H groups in total. The molecule has 1 atom stereocenters. The van der Waals surface area contributed by atoms with Gasteiger partial charge in [-0.25, -0.2) is 4.39 Å². The van der Waals surface area contributed by atoms with Gasteiger partial charge in [-0.15, -0.1) is 12.4 Å². The molecule has 3 nitrogen and oxygen atoms in total. The van der Waals surface area contributed by atoms with E-state index in [9.17, 15) is 9.50 Å². The molecule has 0 aromatic heterocycles. The highest BCUT2D eigenvalue weighted by Gasteiger charge is 2.14. The number of phenols is 1. The van der Waals surface area contributed by atoms with Gasteiger partial charge < -0.3 is 15.9 Å². The summed E-state index contributed by atoms with van der Waals surface area (Å²) in [5.74, 6) is -1.17. The summed E-state index contributed by atoms with van der Waals surface area (Å²) in [6.45, 7) is -0.102. The van der Waals surface area contributed by atoms with Crippen molar-refractivity contribution in [2.45, 2.75) is 12.5 Å². The van der Waals surface area contributed by atoms with Crippen molar-refractivity contribution >= 4 is 28.3 Å². The van der Waals surface area contributed by atoms with E-state index in [0.29, 0.717) is 10.0 Å².